The molecule has 3 aromatic rings. The molecule has 2 unspecified atom stereocenters. The summed E-state index contributed by atoms with van der Waals surface area (Å²) in [5.74, 6) is -0.251. The van der Waals surface area contributed by atoms with Crippen LogP contribution < -0.4 is 9.80 Å². The third kappa shape index (κ3) is 5.04. The normalized spacial score (nSPS) is 17.2. The van der Waals surface area contributed by atoms with Crippen molar-refractivity contribution in [2.75, 3.05) is 9.80 Å². The van der Waals surface area contributed by atoms with Crippen LogP contribution in [0.15, 0.2) is 78.9 Å². The smallest absolute Gasteiger partial charge is 0.231 e. The molecule has 3 aromatic carbocycles. The van der Waals surface area contributed by atoms with E-state index in [4.69, 9.17) is 0 Å². The monoisotopic (exact) mass is 458 g/mol. The van der Waals surface area contributed by atoms with E-state index in [0.717, 1.165) is 35.3 Å². The largest absolute Gasteiger partial charge is 0.309 e. The Morgan fingerprint density at radius 2 is 1.65 bits per heavy atom. The van der Waals surface area contributed by atoms with Gasteiger partial charge in [0, 0.05) is 23.8 Å². The number of amides is 2. The molecular weight excluding hydrogens is 427 g/mol. The summed E-state index contributed by atoms with van der Waals surface area (Å²) in [5.41, 5.74) is 3.43. The van der Waals surface area contributed by atoms with E-state index >= 15 is 0 Å². The van der Waals surface area contributed by atoms with Crippen molar-refractivity contribution in [3.8, 4) is 0 Å². The molecule has 34 heavy (non-hydrogen) atoms. The Bertz CT molecular complexity index is 1130. The van der Waals surface area contributed by atoms with E-state index in [1.54, 1.807) is 12.1 Å². The second kappa shape index (κ2) is 10.6. The Morgan fingerprint density at radius 3 is 2.35 bits per heavy atom. The molecule has 176 valence electrons. The number of carbonyl (C=O) groups is 2. The molecule has 5 heteroatoms. The van der Waals surface area contributed by atoms with Crippen LogP contribution in [-0.2, 0) is 16.0 Å². The molecule has 0 saturated carbocycles. The van der Waals surface area contributed by atoms with Crippen molar-refractivity contribution in [2.45, 2.75) is 58.0 Å². The van der Waals surface area contributed by atoms with Crippen LogP contribution >= 0.6 is 0 Å². The SMILES string of the molecule is CCCCC(=O)N1c2ccccc2C(N(C(=O)Cc2ccc(F)cc2)c2ccccc2)CC1C. The molecule has 0 bridgehead atoms. The standard InChI is InChI=1S/C29H31FN2O2/c1-3-4-14-28(33)31-21(2)19-27(25-12-8-9-13-26(25)31)32(24-10-6-5-7-11-24)29(34)20-22-15-17-23(30)18-16-22/h5-13,15-18,21,27H,3-4,14,19-20H2,1-2H3. The van der Waals surface area contributed by atoms with Gasteiger partial charge in [0.1, 0.15) is 5.82 Å². The van der Waals surface area contributed by atoms with E-state index in [1.165, 1.54) is 12.1 Å². The minimum absolute atomic E-state index is 0.0471. The van der Waals surface area contributed by atoms with Crippen LogP contribution in [-0.4, -0.2) is 17.9 Å². The van der Waals surface area contributed by atoms with Crippen molar-refractivity contribution >= 4 is 23.2 Å². The Morgan fingerprint density at radius 1 is 0.971 bits per heavy atom. The highest BCUT2D eigenvalue weighted by molar-refractivity contribution is 5.98. The van der Waals surface area contributed by atoms with Gasteiger partial charge >= 0.3 is 0 Å². The molecular formula is C29H31FN2O2. The number of hydrogen-bond acceptors (Lipinski definition) is 2. The molecule has 1 aliphatic rings. The molecule has 0 N–H and O–H groups in total. The predicted octanol–water partition coefficient (Wildman–Crippen LogP) is 6.46. The highest BCUT2D eigenvalue weighted by Crippen LogP contribution is 2.42. The highest BCUT2D eigenvalue weighted by atomic mass is 19.1. The number of unbranched alkanes of at least 4 members (excludes halogenated alkanes) is 1. The Balaban J connectivity index is 1.72. The minimum atomic E-state index is -0.320. The number of carbonyl (C=O) groups excluding carboxylic acids is 2. The summed E-state index contributed by atoms with van der Waals surface area (Å²) < 4.78 is 13.4. The first-order chi connectivity index (χ1) is 16.5. The maximum atomic E-state index is 13.7. The number of fused-ring (bicyclic) bond motifs is 1. The fraction of sp³-hybridized carbons (Fsp3) is 0.310. The quantitative estimate of drug-likeness (QED) is 0.408. The maximum Gasteiger partial charge on any atom is 0.231 e. The molecule has 1 aliphatic heterocycles. The molecule has 0 aliphatic carbocycles. The Kier molecular flexibility index (Phi) is 7.41. The summed E-state index contributed by atoms with van der Waals surface area (Å²) in [6.45, 7) is 4.14. The zero-order chi connectivity index (χ0) is 24.1. The van der Waals surface area contributed by atoms with Crippen LogP contribution in [0.5, 0.6) is 0 Å². The van der Waals surface area contributed by atoms with Gasteiger partial charge in [0.15, 0.2) is 0 Å². The van der Waals surface area contributed by atoms with Crippen LogP contribution in [0.1, 0.15) is 56.7 Å². The van der Waals surface area contributed by atoms with E-state index in [1.807, 2.05) is 64.4 Å². The fourth-order valence-corrected chi connectivity index (χ4v) is 4.80. The van der Waals surface area contributed by atoms with Crippen molar-refractivity contribution in [1.82, 2.24) is 0 Å². The summed E-state index contributed by atoms with van der Waals surface area (Å²) in [4.78, 5) is 30.6. The van der Waals surface area contributed by atoms with E-state index in [0.29, 0.717) is 12.8 Å². The third-order valence-electron chi connectivity index (χ3n) is 6.46. The Hall–Kier alpha value is -3.47. The molecule has 2 atom stereocenters. The number of hydrogen-bond donors (Lipinski definition) is 0. The molecule has 0 aromatic heterocycles. The van der Waals surface area contributed by atoms with Gasteiger partial charge < -0.3 is 9.80 Å². The number of halogens is 1. The molecule has 0 saturated heterocycles. The van der Waals surface area contributed by atoms with E-state index in [9.17, 15) is 14.0 Å². The van der Waals surface area contributed by atoms with E-state index < -0.39 is 0 Å². The average molecular weight is 459 g/mol. The van der Waals surface area contributed by atoms with Gasteiger partial charge in [-0.3, -0.25) is 9.59 Å². The zero-order valence-electron chi connectivity index (χ0n) is 19.8. The lowest BCUT2D eigenvalue weighted by molar-refractivity contribution is -0.119. The molecule has 1 heterocycles. The summed E-state index contributed by atoms with van der Waals surface area (Å²) >= 11 is 0. The number of benzene rings is 3. The molecule has 0 spiro atoms. The second-order valence-corrected chi connectivity index (χ2v) is 8.93. The van der Waals surface area contributed by atoms with Gasteiger partial charge in [-0.2, -0.15) is 0 Å². The molecule has 4 rings (SSSR count). The first-order valence-electron chi connectivity index (χ1n) is 12.0. The number of rotatable bonds is 7. The molecule has 4 nitrogen and oxygen atoms in total. The second-order valence-electron chi connectivity index (χ2n) is 8.93. The lowest BCUT2D eigenvalue weighted by Crippen LogP contribution is -2.48. The average Bonchev–Trinajstić information content (AvgIpc) is 2.85. The number of nitrogens with zero attached hydrogens (tertiary/aromatic N) is 2. The fourth-order valence-electron chi connectivity index (χ4n) is 4.80. The van der Waals surface area contributed by atoms with Crippen LogP contribution in [0.25, 0.3) is 0 Å². The minimum Gasteiger partial charge on any atom is -0.309 e. The molecule has 0 radical (unpaired) electrons. The maximum absolute atomic E-state index is 13.7. The topological polar surface area (TPSA) is 40.6 Å². The number of para-hydroxylation sites is 2. The number of anilines is 2. The van der Waals surface area contributed by atoms with Crippen molar-refractivity contribution in [3.63, 3.8) is 0 Å². The van der Waals surface area contributed by atoms with Crippen LogP contribution in [0, 0.1) is 5.82 Å². The van der Waals surface area contributed by atoms with Crippen LogP contribution in [0.4, 0.5) is 15.8 Å². The van der Waals surface area contributed by atoms with E-state index in [-0.39, 0.29) is 36.1 Å². The third-order valence-corrected chi connectivity index (χ3v) is 6.46. The lowest BCUT2D eigenvalue weighted by Gasteiger charge is -2.43. The van der Waals surface area contributed by atoms with Crippen LogP contribution in [0.3, 0.4) is 0 Å². The molecule has 2 amide bonds. The zero-order valence-corrected chi connectivity index (χ0v) is 19.8. The Labute approximate surface area is 201 Å². The highest BCUT2D eigenvalue weighted by Gasteiger charge is 2.38. The summed E-state index contributed by atoms with van der Waals surface area (Å²) in [6, 6.07) is 23.4. The summed E-state index contributed by atoms with van der Waals surface area (Å²) in [6.07, 6.45) is 3.16. The first kappa shape index (κ1) is 23.7. The van der Waals surface area contributed by atoms with Gasteiger partial charge in [-0.05, 0) is 61.2 Å². The van der Waals surface area contributed by atoms with Crippen molar-refractivity contribution in [3.05, 3.63) is 95.8 Å². The predicted molar refractivity (Wildman–Crippen MR) is 134 cm³/mol. The van der Waals surface area contributed by atoms with Gasteiger partial charge in [-0.15, -0.1) is 0 Å². The van der Waals surface area contributed by atoms with Crippen LogP contribution in [0.2, 0.25) is 0 Å². The first-order valence-corrected chi connectivity index (χ1v) is 12.0. The van der Waals surface area contributed by atoms with Crippen molar-refractivity contribution < 1.29 is 14.0 Å². The summed E-state index contributed by atoms with van der Waals surface area (Å²) in [5, 5.41) is 0. The lowest BCUT2D eigenvalue weighted by atomic mass is 9.89. The van der Waals surface area contributed by atoms with Gasteiger partial charge in [0.2, 0.25) is 11.8 Å². The van der Waals surface area contributed by atoms with Crippen molar-refractivity contribution in [1.29, 1.82) is 0 Å². The van der Waals surface area contributed by atoms with Gasteiger partial charge in [0.05, 0.1) is 12.5 Å². The van der Waals surface area contributed by atoms with Gasteiger partial charge in [0.25, 0.3) is 0 Å². The van der Waals surface area contributed by atoms with Gasteiger partial charge in [-0.1, -0.05) is 61.9 Å². The van der Waals surface area contributed by atoms with Crippen molar-refractivity contribution in [2.24, 2.45) is 0 Å². The molecule has 0 fully saturated rings. The van der Waals surface area contributed by atoms with E-state index in [2.05, 4.69) is 13.8 Å². The van der Waals surface area contributed by atoms with Gasteiger partial charge in [-0.25, -0.2) is 4.39 Å². The summed E-state index contributed by atoms with van der Waals surface area (Å²) in [7, 11) is 0.